The van der Waals surface area contributed by atoms with Crippen LogP contribution in [0.15, 0.2) is 0 Å². The molecule has 1 aliphatic carbocycles. The maximum atomic E-state index is 6.14. The molecular weight excluding hydrogens is 224 g/mol. The van der Waals surface area contributed by atoms with Crippen molar-refractivity contribution in [3.8, 4) is 0 Å². The number of nitrogens with two attached hydrogens (primary N) is 1. The summed E-state index contributed by atoms with van der Waals surface area (Å²) in [4.78, 5) is 2.45. The van der Waals surface area contributed by atoms with Gasteiger partial charge in [0.05, 0.1) is 12.7 Å². The van der Waals surface area contributed by atoms with Crippen LogP contribution in [0.5, 0.6) is 0 Å². The molecule has 3 heteroatoms. The van der Waals surface area contributed by atoms with Crippen molar-refractivity contribution in [2.75, 3.05) is 26.7 Å². The minimum atomic E-state index is 0.179. The van der Waals surface area contributed by atoms with Gasteiger partial charge in [-0.25, -0.2) is 0 Å². The first kappa shape index (κ1) is 15.9. The lowest BCUT2D eigenvalue weighted by molar-refractivity contribution is -0.0187. The topological polar surface area (TPSA) is 38.5 Å². The molecule has 0 aromatic rings. The van der Waals surface area contributed by atoms with Gasteiger partial charge >= 0.3 is 0 Å². The third kappa shape index (κ3) is 3.46. The average Bonchev–Trinajstić information content (AvgIpc) is 2.32. The third-order valence-electron chi connectivity index (χ3n) is 4.96. The molecule has 108 valence electrons. The summed E-state index contributed by atoms with van der Waals surface area (Å²) >= 11 is 0. The maximum Gasteiger partial charge on any atom is 0.0597 e. The highest BCUT2D eigenvalue weighted by molar-refractivity contribution is 4.99. The van der Waals surface area contributed by atoms with Gasteiger partial charge in [-0.3, -0.25) is 4.90 Å². The van der Waals surface area contributed by atoms with Gasteiger partial charge in [0.15, 0.2) is 0 Å². The van der Waals surface area contributed by atoms with Gasteiger partial charge in [0.2, 0.25) is 0 Å². The summed E-state index contributed by atoms with van der Waals surface area (Å²) in [5.41, 5.74) is 6.32. The first-order valence-corrected chi connectivity index (χ1v) is 7.47. The van der Waals surface area contributed by atoms with E-state index in [1.165, 1.54) is 19.3 Å². The molecule has 3 atom stereocenters. The van der Waals surface area contributed by atoms with Crippen molar-refractivity contribution in [1.82, 2.24) is 4.90 Å². The Labute approximate surface area is 113 Å². The fraction of sp³-hybridized carbons (Fsp3) is 1.00. The monoisotopic (exact) mass is 256 g/mol. The van der Waals surface area contributed by atoms with Gasteiger partial charge in [-0.05, 0) is 39.2 Å². The summed E-state index contributed by atoms with van der Waals surface area (Å²) in [6, 6.07) is 0. The Balaban J connectivity index is 2.62. The van der Waals surface area contributed by atoms with Gasteiger partial charge in [0, 0.05) is 18.6 Å². The summed E-state index contributed by atoms with van der Waals surface area (Å²) in [5, 5.41) is 0. The van der Waals surface area contributed by atoms with E-state index in [0.717, 1.165) is 25.6 Å². The second-order valence-corrected chi connectivity index (χ2v) is 6.31. The van der Waals surface area contributed by atoms with Crippen LogP contribution in [-0.2, 0) is 4.74 Å². The first-order valence-electron chi connectivity index (χ1n) is 7.47. The van der Waals surface area contributed by atoms with Gasteiger partial charge < -0.3 is 10.5 Å². The minimum absolute atomic E-state index is 0.179. The van der Waals surface area contributed by atoms with Gasteiger partial charge in [0.25, 0.3) is 0 Å². The highest BCUT2D eigenvalue weighted by Gasteiger charge is 2.43. The molecule has 1 fully saturated rings. The second-order valence-electron chi connectivity index (χ2n) is 6.31. The molecule has 3 unspecified atom stereocenters. The molecule has 0 radical (unpaired) electrons. The molecule has 3 nitrogen and oxygen atoms in total. The second kappa shape index (κ2) is 6.88. The highest BCUT2D eigenvalue weighted by atomic mass is 16.5. The van der Waals surface area contributed by atoms with E-state index in [-0.39, 0.29) is 5.54 Å². The maximum absolute atomic E-state index is 6.14. The van der Waals surface area contributed by atoms with Crippen LogP contribution in [0, 0.1) is 11.8 Å². The van der Waals surface area contributed by atoms with Crippen LogP contribution in [0.3, 0.4) is 0 Å². The zero-order valence-corrected chi connectivity index (χ0v) is 12.9. The molecule has 1 rings (SSSR count). The smallest absolute Gasteiger partial charge is 0.0597 e. The summed E-state index contributed by atoms with van der Waals surface area (Å²) in [7, 11) is 2.21. The molecule has 2 N–H and O–H groups in total. The number of likely N-dealkylation sites (N-methyl/N-ethyl adjacent to an activating group) is 1. The molecule has 0 saturated heterocycles. The quantitative estimate of drug-likeness (QED) is 0.793. The Morgan fingerprint density at radius 1 is 1.39 bits per heavy atom. The summed E-state index contributed by atoms with van der Waals surface area (Å²) < 4.78 is 5.67. The van der Waals surface area contributed by atoms with Crippen molar-refractivity contribution in [1.29, 1.82) is 0 Å². The highest BCUT2D eigenvalue weighted by Crippen LogP contribution is 2.40. The van der Waals surface area contributed by atoms with Crippen LogP contribution >= 0.6 is 0 Å². The summed E-state index contributed by atoms with van der Waals surface area (Å²) in [6.45, 7) is 11.5. The van der Waals surface area contributed by atoms with Crippen LogP contribution < -0.4 is 5.73 Å². The average molecular weight is 256 g/mol. The lowest BCUT2D eigenvalue weighted by atomic mass is 9.67. The van der Waals surface area contributed by atoms with Crippen molar-refractivity contribution in [2.24, 2.45) is 17.6 Å². The minimum Gasteiger partial charge on any atom is -0.377 e. The predicted octanol–water partition coefficient (Wildman–Crippen LogP) is 2.50. The van der Waals surface area contributed by atoms with Gasteiger partial charge in [-0.1, -0.05) is 26.7 Å². The predicted molar refractivity (Wildman–Crippen MR) is 77.7 cm³/mol. The Morgan fingerprint density at radius 2 is 2.06 bits per heavy atom. The number of hydrogen-bond donors (Lipinski definition) is 1. The molecule has 0 aliphatic heterocycles. The Bertz CT molecular complexity index is 245. The van der Waals surface area contributed by atoms with Crippen LogP contribution in [0.25, 0.3) is 0 Å². The SMILES string of the molecule is CC(C)OCCN(C)C1(CN)CCCC(C)C1C. The lowest BCUT2D eigenvalue weighted by Gasteiger charge is -2.51. The number of rotatable bonds is 6. The molecule has 0 heterocycles. The number of ether oxygens (including phenoxy) is 1. The molecule has 1 saturated carbocycles. The molecule has 0 spiro atoms. The van der Waals surface area contributed by atoms with Crippen molar-refractivity contribution < 1.29 is 4.74 Å². The van der Waals surface area contributed by atoms with E-state index in [1.54, 1.807) is 0 Å². The van der Waals surface area contributed by atoms with Gasteiger partial charge in [0.1, 0.15) is 0 Å². The Kier molecular flexibility index (Phi) is 6.09. The Hall–Kier alpha value is -0.120. The van der Waals surface area contributed by atoms with E-state index in [1.807, 2.05) is 0 Å². The summed E-state index contributed by atoms with van der Waals surface area (Å²) in [5.74, 6) is 1.44. The van der Waals surface area contributed by atoms with E-state index in [9.17, 15) is 0 Å². The number of nitrogens with zero attached hydrogens (tertiary/aromatic N) is 1. The van der Waals surface area contributed by atoms with Crippen molar-refractivity contribution >= 4 is 0 Å². The Morgan fingerprint density at radius 3 is 2.61 bits per heavy atom. The van der Waals surface area contributed by atoms with Crippen LogP contribution in [-0.4, -0.2) is 43.3 Å². The molecular formula is C15H32N2O. The zero-order chi connectivity index (χ0) is 13.8. The van der Waals surface area contributed by atoms with Crippen LogP contribution in [0.1, 0.15) is 47.0 Å². The van der Waals surface area contributed by atoms with E-state index in [2.05, 4.69) is 39.6 Å². The fourth-order valence-corrected chi connectivity index (χ4v) is 3.37. The molecule has 18 heavy (non-hydrogen) atoms. The number of hydrogen-bond acceptors (Lipinski definition) is 3. The largest absolute Gasteiger partial charge is 0.377 e. The van der Waals surface area contributed by atoms with Crippen molar-refractivity contribution in [3.05, 3.63) is 0 Å². The third-order valence-corrected chi connectivity index (χ3v) is 4.96. The van der Waals surface area contributed by atoms with E-state index < -0.39 is 0 Å². The molecule has 0 aromatic heterocycles. The van der Waals surface area contributed by atoms with Crippen LogP contribution in [0.4, 0.5) is 0 Å². The lowest BCUT2D eigenvalue weighted by Crippen LogP contribution is -2.60. The zero-order valence-electron chi connectivity index (χ0n) is 12.9. The molecule has 0 bridgehead atoms. The molecule has 1 aliphatic rings. The molecule has 0 aromatic carbocycles. The van der Waals surface area contributed by atoms with E-state index in [0.29, 0.717) is 12.0 Å². The fourth-order valence-electron chi connectivity index (χ4n) is 3.37. The van der Waals surface area contributed by atoms with Gasteiger partial charge in [-0.15, -0.1) is 0 Å². The van der Waals surface area contributed by atoms with Crippen molar-refractivity contribution in [3.63, 3.8) is 0 Å². The van der Waals surface area contributed by atoms with E-state index >= 15 is 0 Å². The van der Waals surface area contributed by atoms with Crippen molar-refractivity contribution in [2.45, 2.75) is 58.6 Å². The molecule has 0 amide bonds. The summed E-state index contributed by atoms with van der Waals surface area (Å²) in [6.07, 6.45) is 4.19. The van der Waals surface area contributed by atoms with Gasteiger partial charge in [-0.2, -0.15) is 0 Å². The van der Waals surface area contributed by atoms with E-state index in [4.69, 9.17) is 10.5 Å². The first-order chi connectivity index (χ1) is 8.44. The standard InChI is InChI=1S/C15H32N2O/c1-12(2)18-10-9-17(5)15(11-16)8-6-7-13(3)14(15)4/h12-14H,6-11,16H2,1-5H3. The normalized spacial score (nSPS) is 33.3. The van der Waals surface area contributed by atoms with Crippen LogP contribution in [0.2, 0.25) is 0 Å².